The van der Waals surface area contributed by atoms with Crippen molar-refractivity contribution >= 4 is 24.0 Å². The van der Waals surface area contributed by atoms with E-state index in [1.165, 1.54) is 35.0 Å². The minimum atomic E-state index is -3.80. The van der Waals surface area contributed by atoms with Gasteiger partial charge < -0.3 is 4.65 Å². The minimum Gasteiger partial charge on any atom is -0.539 e. The summed E-state index contributed by atoms with van der Waals surface area (Å²) >= 11 is 0. The summed E-state index contributed by atoms with van der Waals surface area (Å²) in [6, 6.07) is 16.6. The lowest BCUT2D eigenvalue weighted by Crippen LogP contribution is -2.12. The molecule has 0 unspecified atom stereocenters. The number of carbonyl (C=O) groups excluding carboxylic acids is 1. The van der Waals surface area contributed by atoms with Crippen LogP contribution < -0.4 is 5.14 Å². The number of hydrogen-bond acceptors (Lipinski definition) is 5. The van der Waals surface area contributed by atoms with Crippen molar-refractivity contribution < 1.29 is 17.9 Å². The molecule has 0 amide bonds. The molecule has 2 radical (unpaired) electrons. The predicted octanol–water partition coefficient (Wildman–Crippen LogP) is 1.43. The summed E-state index contributed by atoms with van der Waals surface area (Å²) in [7, 11) is 1.13. The van der Waals surface area contributed by atoms with Gasteiger partial charge in [-0.1, -0.05) is 30.3 Å². The Labute approximate surface area is 145 Å². The molecule has 3 aromatic rings. The second kappa shape index (κ2) is 6.54. The van der Waals surface area contributed by atoms with Crippen LogP contribution in [0.1, 0.15) is 10.5 Å². The highest BCUT2D eigenvalue weighted by Crippen LogP contribution is 2.24. The van der Waals surface area contributed by atoms with Gasteiger partial charge in [0.1, 0.15) is 0 Å². The largest absolute Gasteiger partial charge is 0.539 e. The van der Waals surface area contributed by atoms with Crippen molar-refractivity contribution in [3.8, 4) is 16.9 Å². The van der Waals surface area contributed by atoms with Gasteiger partial charge >= 0.3 is 14.0 Å². The van der Waals surface area contributed by atoms with Gasteiger partial charge in [0.05, 0.1) is 16.3 Å². The number of aromatic nitrogens is 2. The van der Waals surface area contributed by atoms with Crippen LogP contribution in [0.25, 0.3) is 16.9 Å². The van der Waals surface area contributed by atoms with Crippen LogP contribution in [0.3, 0.4) is 0 Å². The molecule has 2 N–H and O–H groups in total. The molecule has 0 fully saturated rings. The molecule has 0 aliphatic rings. The van der Waals surface area contributed by atoms with Crippen molar-refractivity contribution in [2.24, 2.45) is 5.14 Å². The molecule has 1 aromatic heterocycles. The summed E-state index contributed by atoms with van der Waals surface area (Å²) in [6.07, 6.45) is 0. The summed E-state index contributed by atoms with van der Waals surface area (Å²) in [5.74, 6) is -0.780. The zero-order valence-electron chi connectivity index (χ0n) is 12.9. The highest BCUT2D eigenvalue weighted by molar-refractivity contribution is 7.89. The lowest BCUT2D eigenvalue weighted by atomic mass is 10.1. The summed E-state index contributed by atoms with van der Waals surface area (Å²) in [6.45, 7) is 0. The Bertz CT molecular complexity index is 1020. The number of hydrogen-bond donors (Lipinski definition) is 1. The molecule has 0 bridgehead atoms. The average molecular weight is 353 g/mol. The van der Waals surface area contributed by atoms with Crippen LogP contribution in [0.4, 0.5) is 0 Å². The van der Waals surface area contributed by atoms with E-state index in [1.807, 2.05) is 30.3 Å². The highest BCUT2D eigenvalue weighted by atomic mass is 32.2. The van der Waals surface area contributed by atoms with Gasteiger partial charge in [-0.3, -0.25) is 0 Å². The first-order chi connectivity index (χ1) is 11.9. The number of carbonyl (C=O) groups is 1. The molecule has 0 saturated carbocycles. The Morgan fingerprint density at radius 2 is 1.72 bits per heavy atom. The fourth-order valence-corrected chi connectivity index (χ4v) is 2.85. The third kappa shape index (κ3) is 3.47. The SMILES string of the molecule is [B]OC(=O)c1cc(-c2ccccc2)n(-c2ccc(S(N)(=O)=O)cc2)n1. The number of rotatable bonds is 4. The maximum absolute atomic E-state index is 11.7. The molecule has 1 heterocycles. The lowest BCUT2D eigenvalue weighted by Gasteiger charge is -2.08. The molecular weight excluding hydrogens is 341 g/mol. The standard InChI is InChI=1S/C16H12BN3O4S/c17-24-16(21)14-10-15(11-4-2-1-3-5-11)20(19-14)12-6-8-13(9-7-12)25(18,22)23/h1-10H,(H2,18,22,23). The summed E-state index contributed by atoms with van der Waals surface area (Å²) in [5.41, 5.74) is 1.99. The van der Waals surface area contributed by atoms with Crippen LogP contribution in [0.2, 0.25) is 0 Å². The van der Waals surface area contributed by atoms with E-state index in [2.05, 4.69) is 9.75 Å². The summed E-state index contributed by atoms with van der Waals surface area (Å²) in [4.78, 5) is 11.7. The normalized spacial score (nSPS) is 11.2. The average Bonchev–Trinajstić information content (AvgIpc) is 3.06. The topological polar surface area (TPSA) is 104 Å². The first-order valence-corrected chi connectivity index (χ1v) is 8.64. The molecule has 9 heteroatoms. The van der Waals surface area contributed by atoms with Gasteiger partial charge in [-0.25, -0.2) is 23.0 Å². The van der Waals surface area contributed by atoms with Crippen molar-refractivity contribution in [1.82, 2.24) is 9.78 Å². The predicted molar refractivity (Wildman–Crippen MR) is 91.5 cm³/mol. The van der Waals surface area contributed by atoms with E-state index in [4.69, 9.17) is 13.2 Å². The van der Waals surface area contributed by atoms with Gasteiger partial charge in [0, 0.05) is 5.56 Å². The number of nitrogens with zero attached hydrogens (tertiary/aromatic N) is 2. The minimum absolute atomic E-state index is 0.0220. The Morgan fingerprint density at radius 3 is 2.28 bits per heavy atom. The third-order valence-corrected chi connectivity index (χ3v) is 4.43. The fourth-order valence-electron chi connectivity index (χ4n) is 2.33. The van der Waals surface area contributed by atoms with E-state index in [-0.39, 0.29) is 10.6 Å². The van der Waals surface area contributed by atoms with E-state index in [9.17, 15) is 13.2 Å². The maximum Gasteiger partial charge on any atom is 0.378 e. The zero-order valence-corrected chi connectivity index (χ0v) is 13.7. The lowest BCUT2D eigenvalue weighted by molar-refractivity contribution is 0.0743. The molecule has 3 rings (SSSR count). The molecule has 0 saturated heterocycles. The number of benzene rings is 2. The second-order valence-electron chi connectivity index (χ2n) is 5.14. The third-order valence-electron chi connectivity index (χ3n) is 3.50. The molecule has 0 aliphatic heterocycles. The summed E-state index contributed by atoms with van der Waals surface area (Å²) in [5, 5.41) is 9.30. The van der Waals surface area contributed by atoms with Gasteiger partial charge in [-0.15, -0.1) is 0 Å². The molecule has 2 aromatic carbocycles. The van der Waals surface area contributed by atoms with Crippen molar-refractivity contribution in [2.45, 2.75) is 4.90 Å². The second-order valence-corrected chi connectivity index (χ2v) is 6.70. The Morgan fingerprint density at radius 1 is 1.08 bits per heavy atom. The van der Waals surface area contributed by atoms with Gasteiger partial charge in [0.25, 0.3) is 0 Å². The quantitative estimate of drug-likeness (QED) is 0.715. The zero-order chi connectivity index (χ0) is 18.0. The number of nitrogens with two attached hydrogens (primary N) is 1. The van der Waals surface area contributed by atoms with Crippen molar-refractivity contribution in [1.29, 1.82) is 0 Å². The van der Waals surface area contributed by atoms with Crippen LogP contribution >= 0.6 is 0 Å². The first kappa shape index (κ1) is 16.9. The molecular formula is C16H12BN3O4S. The fraction of sp³-hybridized carbons (Fsp3) is 0. The molecule has 0 atom stereocenters. The van der Waals surface area contributed by atoms with Crippen LogP contribution in [-0.4, -0.2) is 32.2 Å². The highest BCUT2D eigenvalue weighted by Gasteiger charge is 2.17. The van der Waals surface area contributed by atoms with E-state index < -0.39 is 16.0 Å². The molecule has 25 heavy (non-hydrogen) atoms. The molecule has 0 spiro atoms. The summed E-state index contributed by atoms with van der Waals surface area (Å²) < 4.78 is 28.5. The maximum atomic E-state index is 11.7. The first-order valence-electron chi connectivity index (χ1n) is 7.10. The van der Waals surface area contributed by atoms with E-state index in [1.54, 1.807) is 0 Å². The van der Waals surface area contributed by atoms with Gasteiger partial charge in [0.15, 0.2) is 5.69 Å². The molecule has 7 nitrogen and oxygen atoms in total. The Kier molecular flexibility index (Phi) is 4.43. The van der Waals surface area contributed by atoms with Crippen LogP contribution in [0.15, 0.2) is 65.6 Å². The van der Waals surface area contributed by atoms with Gasteiger partial charge in [-0.2, -0.15) is 5.10 Å². The van der Waals surface area contributed by atoms with Crippen LogP contribution in [0.5, 0.6) is 0 Å². The van der Waals surface area contributed by atoms with Gasteiger partial charge in [-0.05, 0) is 30.3 Å². The van der Waals surface area contributed by atoms with Crippen LogP contribution in [0, 0.1) is 0 Å². The Balaban J connectivity index is 2.14. The smallest absolute Gasteiger partial charge is 0.378 e. The molecule has 124 valence electrons. The van der Waals surface area contributed by atoms with Gasteiger partial charge in [0.2, 0.25) is 10.0 Å². The van der Waals surface area contributed by atoms with Crippen LogP contribution in [-0.2, 0) is 14.7 Å². The number of sulfonamides is 1. The van der Waals surface area contributed by atoms with Crippen molar-refractivity contribution in [3.05, 3.63) is 66.4 Å². The molecule has 0 aliphatic carbocycles. The monoisotopic (exact) mass is 353 g/mol. The van der Waals surface area contributed by atoms with E-state index in [0.717, 1.165) is 5.56 Å². The number of primary sulfonamides is 1. The van der Waals surface area contributed by atoms with E-state index >= 15 is 0 Å². The van der Waals surface area contributed by atoms with E-state index in [0.29, 0.717) is 11.4 Å². The Hall–Kier alpha value is -2.91. The van der Waals surface area contributed by atoms with Crippen molar-refractivity contribution in [3.63, 3.8) is 0 Å². The van der Waals surface area contributed by atoms with Crippen molar-refractivity contribution in [2.75, 3.05) is 0 Å².